The highest BCUT2D eigenvalue weighted by atomic mass is 16.5. The van der Waals surface area contributed by atoms with Crippen molar-refractivity contribution in [2.45, 2.75) is 0 Å². The van der Waals surface area contributed by atoms with Gasteiger partial charge in [-0.2, -0.15) is 0 Å². The molecule has 1 aromatic carbocycles. The fourth-order valence-electron chi connectivity index (χ4n) is 3.60. The molecule has 0 spiro atoms. The Morgan fingerprint density at radius 2 is 1.80 bits per heavy atom. The van der Waals surface area contributed by atoms with Crippen LogP contribution in [-0.2, 0) is 4.74 Å². The van der Waals surface area contributed by atoms with Crippen LogP contribution in [-0.4, -0.2) is 46.2 Å². The van der Waals surface area contributed by atoms with Gasteiger partial charge in [-0.3, -0.25) is 4.79 Å². The van der Waals surface area contributed by atoms with Gasteiger partial charge < -0.3 is 19.9 Å². The van der Waals surface area contributed by atoms with Gasteiger partial charge in [0.05, 0.1) is 24.3 Å². The lowest BCUT2D eigenvalue weighted by molar-refractivity contribution is 0.122. The van der Waals surface area contributed by atoms with E-state index < -0.39 is 0 Å². The minimum absolute atomic E-state index is 0.191. The van der Waals surface area contributed by atoms with Gasteiger partial charge in [0.2, 0.25) is 0 Å². The summed E-state index contributed by atoms with van der Waals surface area (Å²) < 4.78 is 5.42. The molecule has 0 bridgehead atoms. The van der Waals surface area contributed by atoms with Gasteiger partial charge in [-0.05, 0) is 41.8 Å². The molecule has 0 radical (unpaired) electrons. The molecule has 30 heavy (non-hydrogen) atoms. The van der Waals surface area contributed by atoms with Crippen LogP contribution >= 0.6 is 0 Å². The van der Waals surface area contributed by atoms with Crippen molar-refractivity contribution in [3.63, 3.8) is 0 Å². The normalized spacial score (nSPS) is 14.1. The highest BCUT2D eigenvalue weighted by Gasteiger charge is 2.13. The first-order chi connectivity index (χ1) is 14.8. The molecule has 1 aliphatic rings. The van der Waals surface area contributed by atoms with Crippen LogP contribution in [0.3, 0.4) is 0 Å². The van der Waals surface area contributed by atoms with E-state index in [4.69, 9.17) is 9.72 Å². The van der Waals surface area contributed by atoms with Crippen molar-refractivity contribution < 1.29 is 4.74 Å². The van der Waals surface area contributed by atoms with E-state index in [1.807, 2.05) is 24.3 Å². The van der Waals surface area contributed by atoms with E-state index in [0.29, 0.717) is 16.9 Å². The van der Waals surface area contributed by atoms with Crippen LogP contribution in [0.4, 0.5) is 17.2 Å². The first kappa shape index (κ1) is 18.3. The number of nitrogens with zero attached hydrogens (tertiary/aromatic N) is 4. The quantitative estimate of drug-likeness (QED) is 0.544. The summed E-state index contributed by atoms with van der Waals surface area (Å²) in [6, 6.07) is 11.8. The third kappa shape index (κ3) is 3.60. The molecule has 0 atom stereocenters. The summed E-state index contributed by atoms with van der Waals surface area (Å²) in [5.41, 5.74) is 3.29. The van der Waals surface area contributed by atoms with Gasteiger partial charge in [0, 0.05) is 48.6 Å². The summed E-state index contributed by atoms with van der Waals surface area (Å²) in [5, 5.41) is 4.61. The van der Waals surface area contributed by atoms with Gasteiger partial charge in [0.1, 0.15) is 12.1 Å². The lowest BCUT2D eigenvalue weighted by Crippen LogP contribution is -2.36. The minimum atomic E-state index is -0.191. The molecule has 4 aromatic rings. The SMILES string of the molecule is O=c1[nH]ccc2cc(-c3cncnc3)nc(Nc3ccc(N4CCOCC4)cc3)c12. The molecule has 0 saturated carbocycles. The van der Waals surface area contributed by atoms with Gasteiger partial charge in [-0.15, -0.1) is 0 Å². The average molecular weight is 400 g/mol. The number of hydrogen-bond acceptors (Lipinski definition) is 7. The van der Waals surface area contributed by atoms with Gasteiger partial charge in [0.25, 0.3) is 5.56 Å². The second kappa shape index (κ2) is 7.92. The number of H-pyrrole nitrogens is 1. The molecular formula is C22H20N6O2. The zero-order valence-electron chi connectivity index (χ0n) is 16.2. The van der Waals surface area contributed by atoms with E-state index in [1.165, 1.54) is 6.33 Å². The maximum absolute atomic E-state index is 12.5. The van der Waals surface area contributed by atoms with E-state index in [2.05, 4.69) is 37.3 Å². The summed E-state index contributed by atoms with van der Waals surface area (Å²) in [6.45, 7) is 3.26. The Bertz CT molecular complexity index is 1220. The summed E-state index contributed by atoms with van der Waals surface area (Å²) in [6.07, 6.45) is 6.52. The van der Waals surface area contributed by atoms with E-state index in [1.54, 1.807) is 18.6 Å². The van der Waals surface area contributed by atoms with E-state index >= 15 is 0 Å². The van der Waals surface area contributed by atoms with Crippen LogP contribution < -0.4 is 15.8 Å². The fourth-order valence-corrected chi connectivity index (χ4v) is 3.60. The topological polar surface area (TPSA) is 96.0 Å². The average Bonchev–Trinajstić information content (AvgIpc) is 2.81. The molecule has 0 aliphatic carbocycles. The van der Waals surface area contributed by atoms with Crippen LogP contribution in [0, 0.1) is 0 Å². The van der Waals surface area contributed by atoms with E-state index in [9.17, 15) is 4.79 Å². The number of nitrogens with one attached hydrogen (secondary N) is 2. The number of aromatic amines is 1. The molecule has 1 fully saturated rings. The fraction of sp³-hybridized carbons (Fsp3) is 0.182. The molecule has 0 unspecified atom stereocenters. The Balaban J connectivity index is 1.52. The summed E-state index contributed by atoms with van der Waals surface area (Å²) in [5.74, 6) is 0.493. The van der Waals surface area contributed by atoms with Gasteiger partial charge in [-0.1, -0.05) is 0 Å². The number of rotatable bonds is 4. The molecule has 8 nitrogen and oxygen atoms in total. The maximum atomic E-state index is 12.5. The number of aromatic nitrogens is 4. The van der Waals surface area contributed by atoms with Crippen molar-refractivity contribution >= 4 is 28.0 Å². The van der Waals surface area contributed by atoms with Crippen molar-refractivity contribution in [2.75, 3.05) is 36.5 Å². The Hall–Kier alpha value is -3.78. The number of benzene rings is 1. The number of anilines is 3. The van der Waals surface area contributed by atoms with Crippen LogP contribution in [0.2, 0.25) is 0 Å². The number of ether oxygens (including phenoxy) is 1. The summed E-state index contributed by atoms with van der Waals surface area (Å²) in [7, 11) is 0. The van der Waals surface area contributed by atoms with Crippen LogP contribution in [0.15, 0.2) is 66.1 Å². The summed E-state index contributed by atoms with van der Waals surface area (Å²) >= 11 is 0. The smallest absolute Gasteiger partial charge is 0.259 e. The second-order valence-electron chi connectivity index (χ2n) is 7.03. The Morgan fingerprint density at radius 3 is 2.57 bits per heavy atom. The largest absolute Gasteiger partial charge is 0.378 e. The lowest BCUT2D eigenvalue weighted by atomic mass is 10.1. The third-order valence-corrected chi connectivity index (χ3v) is 5.12. The Kier molecular flexibility index (Phi) is 4.82. The standard InChI is InChI=1S/C22H20N6O2/c29-22-20-15(5-6-25-22)11-19(16-12-23-14-24-13-16)27-21(20)26-17-1-3-18(4-2-17)28-7-9-30-10-8-28/h1-6,11-14H,7-10H2,(H,25,29)(H,26,27). The monoisotopic (exact) mass is 400 g/mol. The first-order valence-corrected chi connectivity index (χ1v) is 9.75. The predicted octanol–water partition coefficient (Wildman–Crippen LogP) is 2.96. The number of fused-ring (bicyclic) bond motifs is 1. The Morgan fingerprint density at radius 1 is 1.03 bits per heavy atom. The van der Waals surface area contributed by atoms with Crippen LogP contribution in [0.1, 0.15) is 0 Å². The van der Waals surface area contributed by atoms with Gasteiger partial charge >= 0.3 is 0 Å². The number of morpholine rings is 1. The molecule has 2 N–H and O–H groups in total. The number of hydrogen-bond donors (Lipinski definition) is 2. The van der Waals surface area contributed by atoms with Crippen molar-refractivity contribution in [3.8, 4) is 11.3 Å². The molecule has 0 amide bonds. The number of pyridine rings is 2. The highest BCUT2D eigenvalue weighted by molar-refractivity contribution is 5.95. The molecule has 4 heterocycles. The molecule has 150 valence electrons. The van der Waals surface area contributed by atoms with Crippen LogP contribution in [0.25, 0.3) is 22.0 Å². The minimum Gasteiger partial charge on any atom is -0.378 e. The molecule has 8 heteroatoms. The Labute approximate surface area is 172 Å². The maximum Gasteiger partial charge on any atom is 0.259 e. The van der Waals surface area contributed by atoms with E-state index in [0.717, 1.165) is 48.6 Å². The van der Waals surface area contributed by atoms with Gasteiger partial charge in [0.15, 0.2) is 0 Å². The summed E-state index contributed by atoms with van der Waals surface area (Å²) in [4.78, 5) is 30.4. The van der Waals surface area contributed by atoms with Crippen molar-refractivity contribution in [1.82, 2.24) is 19.9 Å². The van der Waals surface area contributed by atoms with Crippen LogP contribution in [0.5, 0.6) is 0 Å². The zero-order chi connectivity index (χ0) is 20.3. The zero-order valence-corrected chi connectivity index (χ0v) is 16.2. The molecule has 3 aromatic heterocycles. The molecule has 1 saturated heterocycles. The molecule has 1 aliphatic heterocycles. The second-order valence-corrected chi connectivity index (χ2v) is 7.03. The van der Waals surface area contributed by atoms with Gasteiger partial charge in [-0.25, -0.2) is 15.0 Å². The van der Waals surface area contributed by atoms with Crippen molar-refractivity contribution in [2.24, 2.45) is 0 Å². The lowest BCUT2D eigenvalue weighted by Gasteiger charge is -2.28. The first-order valence-electron chi connectivity index (χ1n) is 9.75. The third-order valence-electron chi connectivity index (χ3n) is 5.12. The highest BCUT2D eigenvalue weighted by Crippen LogP contribution is 2.28. The van der Waals surface area contributed by atoms with E-state index in [-0.39, 0.29) is 5.56 Å². The van der Waals surface area contributed by atoms with Crippen molar-refractivity contribution in [1.29, 1.82) is 0 Å². The molecular weight excluding hydrogens is 380 g/mol. The molecule has 5 rings (SSSR count). The van der Waals surface area contributed by atoms with Crippen molar-refractivity contribution in [3.05, 3.63) is 71.7 Å². The predicted molar refractivity (Wildman–Crippen MR) is 116 cm³/mol.